The molecule has 0 unspecified atom stereocenters. The number of carboxylic acid groups (broad SMARTS) is 2. The van der Waals surface area contributed by atoms with Gasteiger partial charge in [-0.25, -0.2) is 13.6 Å². The summed E-state index contributed by atoms with van der Waals surface area (Å²) in [5.74, 6) is -4.01. The van der Waals surface area contributed by atoms with Gasteiger partial charge in [-0.05, 0) is 36.5 Å². The summed E-state index contributed by atoms with van der Waals surface area (Å²) in [6, 6.07) is -0.172. The molecule has 3 N–H and O–H groups in total. The van der Waals surface area contributed by atoms with Crippen LogP contribution in [0, 0.1) is 17.6 Å². The third-order valence-corrected chi connectivity index (χ3v) is 4.56. The Morgan fingerprint density at radius 3 is 2.28 bits per heavy atom. The molecule has 0 spiro atoms. The van der Waals surface area contributed by atoms with Crippen LogP contribution in [0.25, 0.3) is 0 Å². The number of carboxylic acids is 2. The molecule has 3 atom stereocenters. The van der Waals surface area contributed by atoms with Crippen molar-refractivity contribution in [2.75, 3.05) is 6.61 Å². The fourth-order valence-corrected chi connectivity index (χ4v) is 3.24. The Balaban J connectivity index is 2.13. The summed E-state index contributed by atoms with van der Waals surface area (Å²) in [7, 11) is 0. The second-order valence-electron chi connectivity index (χ2n) is 7.45. The molecule has 1 amide bonds. The van der Waals surface area contributed by atoms with Crippen molar-refractivity contribution in [3.63, 3.8) is 0 Å². The number of rotatable bonds is 10. The second-order valence-corrected chi connectivity index (χ2v) is 7.45. The fourth-order valence-electron chi connectivity index (χ4n) is 3.24. The molecular weight excluding hydrogens is 390 g/mol. The largest absolute Gasteiger partial charge is 0.480 e. The van der Waals surface area contributed by atoms with Gasteiger partial charge in [-0.1, -0.05) is 13.8 Å². The van der Waals surface area contributed by atoms with Crippen LogP contribution in [0.1, 0.15) is 32.3 Å². The third-order valence-electron chi connectivity index (χ3n) is 4.56. The number of hydrogen-bond donors (Lipinski definition) is 3. The van der Waals surface area contributed by atoms with Gasteiger partial charge in [0.15, 0.2) is 0 Å². The van der Waals surface area contributed by atoms with E-state index in [1.807, 2.05) is 13.8 Å². The zero-order valence-corrected chi connectivity index (χ0v) is 16.1. The van der Waals surface area contributed by atoms with E-state index in [1.54, 1.807) is 0 Å². The summed E-state index contributed by atoms with van der Waals surface area (Å²) in [6.45, 7) is 3.36. The van der Waals surface area contributed by atoms with E-state index in [9.17, 15) is 33.4 Å². The molecule has 29 heavy (non-hydrogen) atoms. The van der Waals surface area contributed by atoms with E-state index in [4.69, 9.17) is 4.74 Å². The lowest BCUT2D eigenvalue weighted by Gasteiger charge is -2.27. The minimum absolute atomic E-state index is 0.0220. The Labute approximate surface area is 166 Å². The minimum Gasteiger partial charge on any atom is -0.480 e. The number of carbonyl (C=O) groups is 3. The number of carbonyl (C=O) groups excluding carboxylic acids is 1. The highest BCUT2D eigenvalue weighted by Gasteiger charge is 2.37. The van der Waals surface area contributed by atoms with E-state index in [-0.39, 0.29) is 37.5 Å². The van der Waals surface area contributed by atoms with Crippen molar-refractivity contribution in [1.82, 2.24) is 10.2 Å². The van der Waals surface area contributed by atoms with Crippen LogP contribution in [-0.4, -0.2) is 57.9 Å². The van der Waals surface area contributed by atoms with Crippen molar-refractivity contribution in [3.8, 4) is 0 Å². The van der Waals surface area contributed by atoms with Gasteiger partial charge in [0.1, 0.15) is 30.3 Å². The molecule has 160 valence electrons. The van der Waals surface area contributed by atoms with Gasteiger partial charge in [0, 0.05) is 12.6 Å². The normalized spacial score (nSPS) is 18.6. The maximum atomic E-state index is 13.4. The molecule has 0 aromatic heterocycles. The van der Waals surface area contributed by atoms with Crippen molar-refractivity contribution in [2.24, 2.45) is 5.92 Å². The molecule has 1 aromatic carbocycles. The molecule has 10 heteroatoms. The Morgan fingerprint density at radius 2 is 1.76 bits per heavy atom. The Kier molecular flexibility index (Phi) is 7.49. The molecule has 1 aromatic rings. The molecular formula is C19H24F2N2O6. The van der Waals surface area contributed by atoms with Gasteiger partial charge < -0.3 is 14.9 Å². The number of aliphatic carboxylic acids is 2. The molecule has 1 aliphatic heterocycles. The first-order valence-corrected chi connectivity index (χ1v) is 9.16. The van der Waals surface area contributed by atoms with Crippen molar-refractivity contribution >= 4 is 18.0 Å². The third kappa shape index (κ3) is 6.38. The van der Waals surface area contributed by atoms with Gasteiger partial charge in [0.2, 0.25) is 0 Å². The van der Waals surface area contributed by atoms with Crippen LogP contribution < -0.4 is 5.32 Å². The topological polar surface area (TPSA) is 116 Å². The van der Waals surface area contributed by atoms with E-state index in [0.717, 1.165) is 12.1 Å². The number of nitrogens with one attached hydrogen (secondary N) is 1. The number of cyclic esters (lactones) is 1. The number of nitrogens with zero attached hydrogens (tertiary/aromatic N) is 1. The van der Waals surface area contributed by atoms with Crippen LogP contribution in [0.5, 0.6) is 0 Å². The number of ether oxygens (including phenoxy) is 1. The number of hydrogen-bond acceptors (Lipinski definition) is 5. The average Bonchev–Trinajstić information content (AvgIpc) is 2.92. The lowest BCUT2D eigenvalue weighted by molar-refractivity contribution is -0.143. The van der Waals surface area contributed by atoms with Crippen LogP contribution in [0.15, 0.2) is 18.2 Å². The first kappa shape index (κ1) is 22.5. The quantitative estimate of drug-likeness (QED) is 0.538. The van der Waals surface area contributed by atoms with Crippen molar-refractivity contribution in [1.29, 1.82) is 0 Å². The van der Waals surface area contributed by atoms with E-state index in [1.165, 1.54) is 4.90 Å². The van der Waals surface area contributed by atoms with Crippen molar-refractivity contribution in [3.05, 3.63) is 35.4 Å². The first-order valence-electron chi connectivity index (χ1n) is 9.16. The van der Waals surface area contributed by atoms with Crippen molar-refractivity contribution in [2.45, 2.75) is 51.4 Å². The predicted molar refractivity (Wildman–Crippen MR) is 97.1 cm³/mol. The molecule has 0 radical (unpaired) electrons. The molecule has 1 saturated heterocycles. The summed E-state index contributed by atoms with van der Waals surface area (Å²) >= 11 is 0. The van der Waals surface area contributed by atoms with Gasteiger partial charge in [-0.15, -0.1) is 0 Å². The summed E-state index contributed by atoms with van der Waals surface area (Å²) < 4.78 is 31.8. The van der Waals surface area contributed by atoms with Gasteiger partial charge >= 0.3 is 18.0 Å². The molecule has 0 saturated carbocycles. The Morgan fingerprint density at radius 1 is 1.17 bits per heavy atom. The van der Waals surface area contributed by atoms with Crippen LogP contribution in [0.4, 0.5) is 13.6 Å². The Bertz CT molecular complexity index is 753. The van der Waals surface area contributed by atoms with Crippen molar-refractivity contribution < 1.29 is 38.1 Å². The van der Waals surface area contributed by atoms with Gasteiger partial charge in [-0.3, -0.25) is 19.8 Å². The van der Waals surface area contributed by atoms with Gasteiger partial charge in [-0.2, -0.15) is 0 Å². The van der Waals surface area contributed by atoms with Gasteiger partial charge in [0.25, 0.3) is 0 Å². The number of halogens is 2. The van der Waals surface area contributed by atoms with Crippen LogP contribution >= 0.6 is 0 Å². The average molecular weight is 414 g/mol. The van der Waals surface area contributed by atoms with Crippen LogP contribution in [-0.2, 0) is 20.9 Å². The predicted octanol–water partition coefficient (Wildman–Crippen LogP) is 2.22. The number of benzene rings is 1. The fraction of sp³-hybridized carbons (Fsp3) is 0.526. The monoisotopic (exact) mass is 414 g/mol. The molecule has 8 nitrogen and oxygen atoms in total. The lowest BCUT2D eigenvalue weighted by atomic mass is 10.0. The minimum atomic E-state index is -1.27. The highest BCUT2D eigenvalue weighted by Crippen LogP contribution is 2.22. The van der Waals surface area contributed by atoms with E-state index in [0.29, 0.717) is 6.07 Å². The molecule has 2 rings (SSSR count). The summed E-state index contributed by atoms with van der Waals surface area (Å²) in [5, 5.41) is 21.5. The maximum Gasteiger partial charge on any atom is 0.410 e. The zero-order chi connectivity index (χ0) is 21.7. The highest BCUT2D eigenvalue weighted by molar-refractivity contribution is 5.78. The highest BCUT2D eigenvalue weighted by atomic mass is 19.1. The van der Waals surface area contributed by atoms with E-state index in [2.05, 4.69) is 5.32 Å². The van der Waals surface area contributed by atoms with E-state index >= 15 is 0 Å². The number of amides is 1. The van der Waals surface area contributed by atoms with E-state index < -0.39 is 47.8 Å². The SMILES string of the molecule is CC(C)C[C@H](N[C@@H](C[C@@H]1COC(=O)N1Cc1cc(F)cc(F)c1)C(=O)O)C(=O)O. The second kappa shape index (κ2) is 9.64. The lowest BCUT2D eigenvalue weighted by Crippen LogP contribution is -2.50. The smallest absolute Gasteiger partial charge is 0.410 e. The maximum absolute atomic E-state index is 13.4. The molecule has 0 aliphatic carbocycles. The molecule has 1 fully saturated rings. The van der Waals surface area contributed by atoms with Gasteiger partial charge in [0.05, 0.1) is 6.04 Å². The molecule has 1 aliphatic rings. The molecule has 1 heterocycles. The standard InChI is InChI=1S/C19H24F2N2O6/c1-10(2)3-15(17(24)25)22-16(18(26)27)7-14-9-29-19(28)23(14)8-11-4-12(20)6-13(21)5-11/h4-6,10,14-16,22H,3,7-9H2,1-2H3,(H,24,25)(H,26,27)/t14-,15+,16+/m1/s1. The van der Waals surface area contributed by atoms with Crippen LogP contribution in [0.2, 0.25) is 0 Å². The summed E-state index contributed by atoms with van der Waals surface area (Å²) in [6.07, 6.45) is -0.632. The molecule has 0 bridgehead atoms. The first-order chi connectivity index (χ1) is 13.6. The Hall–Kier alpha value is -2.75. The summed E-state index contributed by atoms with van der Waals surface area (Å²) in [5.41, 5.74) is 0.189. The van der Waals surface area contributed by atoms with Crippen LogP contribution in [0.3, 0.4) is 0 Å². The summed E-state index contributed by atoms with van der Waals surface area (Å²) in [4.78, 5) is 36.3. The zero-order valence-electron chi connectivity index (χ0n) is 16.1.